The SMILES string of the molecule is Cc1cnc(CNC(=O)c2cn3c(n2)[C@@H](C)N(C(=O)CCC(C)C)CC3)cn1. The molecule has 2 amide bonds. The van der Waals surface area contributed by atoms with Gasteiger partial charge in [-0.2, -0.15) is 0 Å². The molecule has 0 saturated heterocycles. The van der Waals surface area contributed by atoms with Crippen LogP contribution in [0, 0.1) is 12.8 Å². The van der Waals surface area contributed by atoms with Crippen molar-refractivity contribution in [3.8, 4) is 0 Å². The average Bonchev–Trinajstić information content (AvgIpc) is 3.11. The monoisotopic (exact) mass is 384 g/mol. The second-order valence-electron chi connectivity index (χ2n) is 7.71. The van der Waals surface area contributed by atoms with Gasteiger partial charge < -0.3 is 14.8 Å². The fourth-order valence-electron chi connectivity index (χ4n) is 3.27. The van der Waals surface area contributed by atoms with Crippen molar-refractivity contribution in [3.05, 3.63) is 41.5 Å². The van der Waals surface area contributed by atoms with E-state index in [1.54, 1.807) is 18.6 Å². The summed E-state index contributed by atoms with van der Waals surface area (Å²) < 4.78 is 1.97. The lowest BCUT2D eigenvalue weighted by atomic mass is 10.1. The van der Waals surface area contributed by atoms with Gasteiger partial charge in [0.2, 0.25) is 5.91 Å². The van der Waals surface area contributed by atoms with Crippen LogP contribution in [0.25, 0.3) is 0 Å². The van der Waals surface area contributed by atoms with Gasteiger partial charge in [-0.3, -0.25) is 19.6 Å². The number of hydrogen-bond acceptors (Lipinski definition) is 5. The number of rotatable bonds is 6. The molecule has 1 atom stereocenters. The molecule has 0 unspecified atom stereocenters. The number of aromatic nitrogens is 4. The summed E-state index contributed by atoms with van der Waals surface area (Å²) in [6.45, 7) is 9.65. The molecule has 150 valence electrons. The van der Waals surface area contributed by atoms with Crippen LogP contribution >= 0.6 is 0 Å². The second-order valence-corrected chi connectivity index (χ2v) is 7.71. The van der Waals surface area contributed by atoms with E-state index in [1.807, 2.05) is 23.3 Å². The summed E-state index contributed by atoms with van der Waals surface area (Å²) >= 11 is 0. The summed E-state index contributed by atoms with van der Waals surface area (Å²) in [6, 6.07) is -0.141. The van der Waals surface area contributed by atoms with E-state index in [2.05, 4.69) is 34.1 Å². The Bertz CT molecular complexity index is 843. The predicted molar refractivity (Wildman–Crippen MR) is 104 cm³/mol. The number of nitrogens with zero attached hydrogens (tertiary/aromatic N) is 5. The first-order valence-electron chi connectivity index (χ1n) is 9.77. The number of carbonyl (C=O) groups excluding carboxylic acids is 2. The molecule has 0 aromatic carbocycles. The van der Waals surface area contributed by atoms with Crippen molar-refractivity contribution in [2.75, 3.05) is 6.54 Å². The van der Waals surface area contributed by atoms with E-state index in [0.717, 1.165) is 17.9 Å². The Balaban J connectivity index is 1.64. The molecule has 8 heteroatoms. The van der Waals surface area contributed by atoms with Crippen LogP contribution in [-0.4, -0.2) is 42.8 Å². The maximum Gasteiger partial charge on any atom is 0.271 e. The maximum atomic E-state index is 12.5. The van der Waals surface area contributed by atoms with Crippen LogP contribution in [0.4, 0.5) is 0 Å². The molecule has 3 heterocycles. The molecule has 1 aliphatic rings. The third-order valence-electron chi connectivity index (χ3n) is 4.98. The van der Waals surface area contributed by atoms with Gasteiger partial charge in [0, 0.05) is 31.9 Å². The first-order chi connectivity index (χ1) is 13.3. The van der Waals surface area contributed by atoms with Crippen molar-refractivity contribution in [3.63, 3.8) is 0 Å². The summed E-state index contributed by atoms with van der Waals surface area (Å²) in [5.41, 5.74) is 1.88. The van der Waals surface area contributed by atoms with Gasteiger partial charge in [-0.1, -0.05) is 13.8 Å². The van der Waals surface area contributed by atoms with Crippen LogP contribution in [0.3, 0.4) is 0 Å². The Kier molecular flexibility index (Phi) is 6.06. The number of fused-ring (bicyclic) bond motifs is 1. The van der Waals surface area contributed by atoms with Gasteiger partial charge in [0.15, 0.2) is 0 Å². The third-order valence-corrected chi connectivity index (χ3v) is 4.98. The molecule has 0 spiro atoms. The first-order valence-corrected chi connectivity index (χ1v) is 9.77. The van der Waals surface area contributed by atoms with Crippen LogP contribution in [0.5, 0.6) is 0 Å². The zero-order valence-electron chi connectivity index (χ0n) is 17.0. The second kappa shape index (κ2) is 8.50. The fourth-order valence-corrected chi connectivity index (χ4v) is 3.27. The predicted octanol–water partition coefficient (Wildman–Crippen LogP) is 2.25. The van der Waals surface area contributed by atoms with Crippen molar-refractivity contribution in [1.82, 2.24) is 29.7 Å². The van der Waals surface area contributed by atoms with Gasteiger partial charge >= 0.3 is 0 Å². The zero-order valence-corrected chi connectivity index (χ0v) is 17.0. The lowest BCUT2D eigenvalue weighted by Crippen LogP contribution is -2.41. The molecule has 1 aliphatic heterocycles. The number of imidazole rings is 1. The van der Waals surface area contributed by atoms with Crippen molar-refractivity contribution in [1.29, 1.82) is 0 Å². The topological polar surface area (TPSA) is 93.0 Å². The molecule has 28 heavy (non-hydrogen) atoms. The standard InChI is InChI=1S/C20H28N6O2/c1-13(2)5-6-18(27)26-8-7-25-12-17(24-19(25)15(26)4)20(28)23-11-16-10-21-14(3)9-22-16/h9-10,12-13,15H,5-8,11H2,1-4H3,(H,23,28)/t15-/m1/s1. The third kappa shape index (κ3) is 4.55. The molecule has 1 N–H and O–H groups in total. The minimum Gasteiger partial charge on any atom is -0.345 e. The Morgan fingerprint density at radius 1 is 1.25 bits per heavy atom. The summed E-state index contributed by atoms with van der Waals surface area (Å²) in [6.07, 6.45) is 6.51. The van der Waals surface area contributed by atoms with E-state index >= 15 is 0 Å². The van der Waals surface area contributed by atoms with E-state index in [0.29, 0.717) is 43.4 Å². The summed E-state index contributed by atoms with van der Waals surface area (Å²) in [7, 11) is 0. The number of amides is 2. The van der Waals surface area contributed by atoms with Crippen LogP contribution in [0.15, 0.2) is 18.6 Å². The van der Waals surface area contributed by atoms with E-state index < -0.39 is 0 Å². The molecule has 0 fully saturated rings. The summed E-state index contributed by atoms with van der Waals surface area (Å²) in [5, 5.41) is 2.83. The molecule has 2 aromatic rings. The maximum absolute atomic E-state index is 12.5. The normalized spacial score (nSPS) is 16.2. The Labute approximate surface area is 165 Å². The number of hydrogen-bond donors (Lipinski definition) is 1. The molecule has 0 aliphatic carbocycles. The number of carbonyl (C=O) groups is 2. The lowest BCUT2D eigenvalue weighted by Gasteiger charge is -2.34. The minimum absolute atomic E-state index is 0.141. The minimum atomic E-state index is -0.255. The molecule has 8 nitrogen and oxygen atoms in total. The number of aryl methyl sites for hydroxylation is 1. The van der Waals surface area contributed by atoms with Crippen LogP contribution in [0.1, 0.15) is 67.4 Å². The Hall–Kier alpha value is -2.77. The first kappa shape index (κ1) is 20.0. The van der Waals surface area contributed by atoms with Gasteiger partial charge in [0.25, 0.3) is 5.91 Å². The summed E-state index contributed by atoms with van der Waals surface area (Å²) in [4.78, 5) is 39.8. The molecule has 0 bridgehead atoms. The molecule has 2 aromatic heterocycles. The summed E-state index contributed by atoms with van der Waals surface area (Å²) in [5.74, 6) is 1.15. The Morgan fingerprint density at radius 2 is 2.04 bits per heavy atom. The lowest BCUT2D eigenvalue weighted by molar-refractivity contribution is -0.134. The number of nitrogens with one attached hydrogen (secondary N) is 1. The molecule has 0 saturated carbocycles. The highest BCUT2D eigenvalue weighted by atomic mass is 16.2. The van der Waals surface area contributed by atoms with Crippen LogP contribution < -0.4 is 5.32 Å². The quantitative estimate of drug-likeness (QED) is 0.824. The molecule has 3 rings (SSSR count). The molecule has 0 radical (unpaired) electrons. The van der Waals surface area contributed by atoms with Crippen molar-refractivity contribution >= 4 is 11.8 Å². The van der Waals surface area contributed by atoms with Gasteiger partial charge in [-0.05, 0) is 26.2 Å². The highest BCUT2D eigenvalue weighted by molar-refractivity contribution is 5.92. The van der Waals surface area contributed by atoms with E-state index in [-0.39, 0.29) is 17.9 Å². The van der Waals surface area contributed by atoms with Crippen molar-refractivity contribution < 1.29 is 9.59 Å². The fraction of sp³-hybridized carbons (Fsp3) is 0.550. The average molecular weight is 384 g/mol. The van der Waals surface area contributed by atoms with Crippen LogP contribution in [-0.2, 0) is 17.9 Å². The van der Waals surface area contributed by atoms with E-state index in [4.69, 9.17) is 0 Å². The highest BCUT2D eigenvalue weighted by Crippen LogP contribution is 2.26. The highest BCUT2D eigenvalue weighted by Gasteiger charge is 2.30. The van der Waals surface area contributed by atoms with Gasteiger partial charge in [-0.25, -0.2) is 4.98 Å². The van der Waals surface area contributed by atoms with Gasteiger partial charge in [-0.15, -0.1) is 0 Å². The van der Waals surface area contributed by atoms with E-state index in [9.17, 15) is 9.59 Å². The molecular weight excluding hydrogens is 356 g/mol. The Morgan fingerprint density at radius 3 is 2.71 bits per heavy atom. The van der Waals surface area contributed by atoms with Crippen LogP contribution in [0.2, 0.25) is 0 Å². The zero-order chi connectivity index (χ0) is 20.3. The van der Waals surface area contributed by atoms with Crippen molar-refractivity contribution in [2.24, 2.45) is 5.92 Å². The largest absolute Gasteiger partial charge is 0.345 e. The molecular formula is C20H28N6O2. The van der Waals surface area contributed by atoms with E-state index in [1.165, 1.54) is 0 Å². The van der Waals surface area contributed by atoms with Gasteiger partial charge in [0.05, 0.1) is 30.2 Å². The van der Waals surface area contributed by atoms with Gasteiger partial charge in [0.1, 0.15) is 11.5 Å². The smallest absolute Gasteiger partial charge is 0.271 e. The van der Waals surface area contributed by atoms with Crippen molar-refractivity contribution in [2.45, 2.75) is 59.7 Å².